The number of hydrogen-bond donors (Lipinski definition) is 1. The van der Waals surface area contributed by atoms with Crippen LogP contribution in [0.1, 0.15) is 30.0 Å². The summed E-state index contributed by atoms with van der Waals surface area (Å²) in [7, 11) is -3.67. The number of carbonyl (C=O) groups is 1. The lowest BCUT2D eigenvalue weighted by molar-refractivity contribution is -0.121. The molecular weight excluding hydrogens is 396 g/mol. The van der Waals surface area contributed by atoms with Gasteiger partial charge in [-0.1, -0.05) is 47.5 Å². The Kier molecular flexibility index (Phi) is 7.49. The summed E-state index contributed by atoms with van der Waals surface area (Å²) in [6, 6.07) is 12.4. The Balaban J connectivity index is 2.03. The molecule has 5 nitrogen and oxygen atoms in total. The molecule has 152 valence electrons. The second-order valence-corrected chi connectivity index (χ2v) is 9.34. The third-order valence-corrected chi connectivity index (χ3v) is 6.02. The number of nitrogens with zero attached hydrogens (tertiary/aromatic N) is 1. The smallest absolute Gasteiger partial charge is 0.243 e. The molecule has 0 aliphatic rings. The van der Waals surface area contributed by atoms with E-state index in [2.05, 4.69) is 29.6 Å². The van der Waals surface area contributed by atoms with Crippen LogP contribution in [-0.4, -0.2) is 33.2 Å². The number of benzene rings is 2. The van der Waals surface area contributed by atoms with E-state index in [1.807, 2.05) is 6.92 Å². The van der Waals surface area contributed by atoms with Gasteiger partial charge in [-0.15, -0.1) is 0 Å². The van der Waals surface area contributed by atoms with E-state index in [-0.39, 0.29) is 5.91 Å². The van der Waals surface area contributed by atoms with Crippen LogP contribution in [-0.2, 0) is 21.2 Å². The van der Waals surface area contributed by atoms with E-state index >= 15 is 0 Å². The van der Waals surface area contributed by atoms with Crippen molar-refractivity contribution in [3.05, 3.63) is 64.2 Å². The predicted molar refractivity (Wildman–Crippen MR) is 115 cm³/mol. The highest BCUT2D eigenvalue weighted by Gasteiger charge is 2.30. The number of amides is 1. The normalized spacial score (nSPS) is 12.5. The Morgan fingerprint density at radius 3 is 2.39 bits per heavy atom. The quantitative estimate of drug-likeness (QED) is 0.657. The third kappa shape index (κ3) is 5.97. The van der Waals surface area contributed by atoms with Gasteiger partial charge in [0.1, 0.15) is 6.04 Å². The largest absolute Gasteiger partial charge is 0.354 e. The number of aryl methyl sites for hydroxylation is 3. The average Bonchev–Trinajstić information content (AvgIpc) is 2.62. The van der Waals surface area contributed by atoms with Crippen LogP contribution in [0.2, 0.25) is 5.02 Å². The van der Waals surface area contributed by atoms with Gasteiger partial charge in [0.25, 0.3) is 0 Å². The summed E-state index contributed by atoms with van der Waals surface area (Å²) in [4.78, 5) is 12.6. The minimum atomic E-state index is -3.67. The monoisotopic (exact) mass is 422 g/mol. The Bertz CT molecular complexity index is 927. The van der Waals surface area contributed by atoms with Crippen molar-refractivity contribution in [3.8, 4) is 0 Å². The molecule has 0 saturated carbocycles. The second kappa shape index (κ2) is 9.43. The SMILES string of the molecule is Cc1ccc(CCCNC(=O)[C@@H](C)N(c2cc(Cl)ccc2C)S(C)(=O)=O)cc1. The van der Waals surface area contributed by atoms with E-state index in [4.69, 9.17) is 11.6 Å². The van der Waals surface area contributed by atoms with Crippen LogP contribution in [0.4, 0.5) is 5.69 Å². The highest BCUT2D eigenvalue weighted by molar-refractivity contribution is 7.92. The molecule has 7 heteroatoms. The molecule has 0 aromatic heterocycles. The molecule has 0 saturated heterocycles. The first-order chi connectivity index (χ1) is 13.1. The molecule has 0 radical (unpaired) electrons. The number of carbonyl (C=O) groups excluding carboxylic acids is 1. The molecular formula is C21H27ClN2O3S. The van der Waals surface area contributed by atoms with Gasteiger partial charge in [-0.2, -0.15) is 0 Å². The zero-order valence-electron chi connectivity index (χ0n) is 16.7. The average molecular weight is 423 g/mol. The van der Waals surface area contributed by atoms with Gasteiger partial charge in [0.2, 0.25) is 15.9 Å². The van der Waals surface area contributed by atoms with Gasteiger partial charge in [-0.25, -0.2) is 8.42 Å². The van der Waals surface area contributed by atoms with Gasteiger partial charge in [0.15, 0.2) is 0 Å². The minimum Gasteiger partial charge on any atom is -0.354 e. The zero-order valence-corrected chi connectivity index (χ0v) is 18.3. The highest BCUT2D eigenvalue weighted by Crippen LogP contribution is 2.28. The number of rotatable bonds is 8. The van der Waals surface area contributed by atoms with Crippen LogP contribution >= 0.6 is 11.6 Å². The van der Waals surface area contributed by atoms with E-state index in [0.29, 0.717) is 17.3 Å². The molecule has 0 aliphatic carbocycles. The van der Waals surface area contributed by atoms with Gasteiger partial charge < -0.3 is 5.32 Å². The molecule has 0 unspecified atom stereocenters. The maximum atomic E-state index is 12.6. The molecule has 1 N–H and O–H groups in total. The van der Waals surface area contributed by atoms with Crippen molar-refractivity contribution in [3.63, 3.8) is 0 Å². The van der Waals surface area contributed by atoms with E-state index < -0.39 is 16.1 Å². The molecule has 0 aliphatic heterocycles. The van der Waals surface area contributed by atoms with Gasteiger partial charge in [-0.05, 0) is 56.9 Å². The fraction of sp³-hybridized carbons (Fsp3) is 0.381. The maximum absolute atomic E-state index is 12.6. The summed E-state index contributed by atoms with van der Waals surface area (Å²) in [5.74, 6) is -0.339. The Morgan fingerprint density at radius 1 is 1.14 bits per heavy atom. The van der Waals surface area contributed by atoms with E-state index in [1.165, 1.54) is 11.1 Å². The summed E-state index contributed by atoms with van der Waals surface area (Å²) in [5, 5.41) is 3.26. The second-order valence-electron chi connectivity index (χ2n) is 7.05. The van der Waals surface area contributed by atoms with Crippen molar-refractivity contribution < 1.29 is 13.2 Å². The molecule has 1 atom stereocenters. The topological polar surface area (TPSA) is 66.5 Å². The Hall–Kier alpha value is -2.05. The summed E-state index contributed by atoms with van der Waals surface area (Å²) < 4.78 is 25.9. The molecule has 0 fully saturated rings. The standard InChI is InChI=1S/C21H27ClN2O3S/c1-15-7-10-18(11-8-15)6-5-13-23-21(25)17(3)24(28(4,26)27)20-14-19(22)12-9-16(20)2/h7-12,14,17H,5-6,13H2,1-4H3,(H,23,25)/t17-/m1/s1. The summed E-state index contributed by atoms with van der Waals surface area (Å²) in [6.07, 6.45) is 2.71. The molecule has 28 heavy (non-hydrogen) atoms. The molecule has 0 heterocycles. The third-order valence-electron chi connectivity index (χ3n) is 4.56. The van der Waals surface area contributed by atoms with Crippen molar-refractivity contribution >= 4 is 33.2 Å². The van der Waals surface area contributed by atoms with Crippen molar-refractivity contribution in [2.75, 3.05) is 17.1 Å². The number of anilines is 1. The van der Waals surface area contributed by atoms with Crippen LogP contribution in [0.15, 0.2) is 42.5 Å². The van der Waals surface area contributed by atoms with Gasteiger partial charge in [0, 0.05) is 11.6 Å². The fourth-order valence-electron chi connectivity index (χ4n) is 3.01. The molecule has 2 aromatic rings. The summed E-state index contributed by atoms with van der Waals surface area (Å²) >= 11 is 6.04. The van der Waals surface area contributed by atoms with Gasteiger partial charge in [0.05, 0.1) is 11.9 Å². The number of sulfonamides is 1. The number of nitrogens with one attached hydrogen (secondary N) is 1. The first kappa shape index (κ1) is 22.2. The molecule has 1 amide bonds. The van der Waals surface area contributed by atoms with Crippen LogP contribution in [0, 0.1) is 13.8 Å². The van der Waals surface area contributed by atoms with Crippen LogP contribution in [0.25, 0.3) is 0 Å². The number of halogens is 1. The van der Waals surface area contributed by atoms with Gasteiger partial charge >= 0.3 is 0 Å². The van der Waals surface area contributed by atoms with Crippen molar-refractivity contribution in [1.82, 2.24) is 5.32 Å². The maximum Gasteiger partial charge on any atom is 0.243 e. The van der Waals surface area contributed by atoms with Gasteiger partial charge in [-0.3, -0.25) is 9.10 Å². The highest BCUT2D eigenvalue weighted by atomic mass is 35.5. The van der Waals surface area contributed by atoms with E-state index in [0.717, 1.165) is 29.0 Å². The van der Waals surface area contributed by atoms with Crippen LogP contribution in [0.5, 0.6) is 0 Å². The lowest BCUT2D eigenvalue weighted by atomic mass is 10.1. The predicted octanol–water partition coefficient (Wildman–Crippen LogP) is 3.86. The fourth-order valence-corrected chi connectivity index (χ4v) is 4.40. The Morgan fingerprint density at radius 2 is 1.79 bits per heavy atom. The van der Waals surface area contributed by atoms with E-state index in [1.54, 1.807) is 32.0 Å². The molecule has 0 bridgehead atoms. The van der Waals surface area contributed by atoms with E-state index in [9.17, 15) is 13.2 Å². The first-order valence-electron chi connectivity index (χ1n) is 9.18. The Labute approximate surface area is 172 Å². The molecule has 2 rings (SSSR count). The van der Waals surface area contributed by atoms with Crippen molar-refractivity contribution in [1.29, 1.82) is 0 Å². The molecule has 0 spiro atoms. The van der Waals surface area contributed by atoms with Crippen LogP contribution in [0.3, 0.4) is 0 Å². The summed E-state index contributed by atoms with van der Waals surface area (Å²) in [5.41, 5.74) is 3.56. The zero-order chi connectivity index (χ0) is 20.9. The van der Waals surface area contributed by atoms with Crippen molar-refractivity contribution in [2.24, 2.45) is 0 Å². The van der Waals surface area contributed by atoms with Crippen LogP contribution < -0.4 is 9.62 Å². The lowest BCUT2D eigenvalue weighted by Crippen LogP contribution is -2.48. The molecule has 2 aromatic carbocycles. The number of hydrogen-bond acceptors (Lipinski definition) is 3. The first-order valence-corrected chi connectivity index (χ1v) is 11.4. The summed E-state index contributed by atoms with van der Waals surface area (Å²) in [6.45, 7) is 5.89. The lowest BCUT2D eigenvalue weighted by Gasteiger charge is -2.29. The van der Waals surface area contributed by atoms with Crippen molar-refractivity contribution in [2.45, 2.75) is 39.7 Å². The minimum absolute atomic E-state index is 0.339.